The zero-order chi connectivity index (χ0) is 8.97. The third-order valence-corrected chi connectivity index (χ3v) is 1.28. The van der Waals surface area contributed by atoms with Gasteiger partial charge in [-0.05, 0) is 0 Å². The number of aliphatic hydroxyl groups is 1. The lowest BCUT2D eigenvalue weighted by Gasteiger charge is -1.92. The summed E-state index contributed by atoms with van der Waals surface area (Å²) in [6, 6.07) is 1.37. The highest BCUT2D eigenvalue weighted by Crippen LogP contribution is 1.85. The molecule has 12 heavy (non-hydrogen) atoms. The third kappa shape index (κ3) is 1.94. The summed E-state index contributed by atoms with van der Waals surface area (Å²) in [6.45, 7) is -0.213. The molecule has 0 spiro atoms. The molecule has 4 nitrogen and oxygen atoms in total. The van der Waals surface area contributed by atoms with E-state index in [9.17, 15) is 4.79 Å². The van der Waals surface area contributed by atoms with Crippen molar-refractivity contribution < 1.29 is 5.11 Å². The molecular weight excluding hydrogens is 156 g/mol. The van der Waals surface area contributed by atoms with Gasteiger partial charge in [0.15, 0.2) is 0 Å². The van der Waals surface area contributed by atoms with Gasteiger partial charge < -0.3 is 5.11 Å². The van der Waals surface area contributed by atoms with Crippen molar-refractivity contribution in [2.75, 3.05) is 6.61 Å². The van der Waals surface area contributed by atoms with E-state index in [1.807, 2.05) is 0 Å². The smallest absolute Gasteiger partial charge is 0.267 e. The number of aryl methyl sites for hydroxylation is 1. The van der Waals surface area contributed by atoms with Crippen molar-refractivity contribution in [3.8, 4) is 11.8 Å². The maximum Gasteiger partial charge on any atom is 0.267 e. The minimum atomic E-state index is -0.213. The fraction of sp³-hybridized carbons (Fsp3) is 0.250. The highest BCUT2D eigenvalue weighted by molar-refractivity contribution is 5.30. The van der Waals surface area contributed by atoms with Crippen LogP contribution in [0.5, 0.6) is 0 Å². The topological polar surface area (TPSA) is 55.1 Å². The van der Waals surface area contributed by atoms with Gasteiger partial charge in [-0.25, -0.2) is 4.68 Å². The second kappa shape index (κ2) is 3.69. The second-order valence-electron chi connectivity index (χ2n) is 2.17. The SMILES string of the molecule is Cn1ncc(C#CCO)cc1=O. The van der Waals surface area contributed by atoms with Crippen LogP contribution in [0, 0.1) is 11.8 Å². The van der Waals surface area contributed by atoms with Crippen LogP contribution in [0.15, 0.2) is 17.1 Å². The van der Waals surface area contributed by atoms with Gasteiger partial charge in [-0.15, -0.1) is 0 Å². The van der Waals surface area contributed by atoms with Crippen LogP contribution < -0.4 is 5.56 Å². The maximum absolute atomic E-state index is 11.0. The zero-order valence-electron chi connectivity index (χ0n) is 6.61. The average Bonchev–Trinajstić information content (AvgIpc) is 2.07. The Labute approximate surface area is 69.5 Å². The highest BCUT2D eigenvalue weighted by atomic mass is 16.2. The summed E-state index contributed by atoms with van der Waals surface area (Å²) in [4.78, 5) is 11.0. The van der Waals surface area contributed by atoms with Crippen LogP contribution in [-0.2, 0) is 7.05 Å². The van der Waals surface area contributed by atoms with Crippen molar-refractivity contribution in [1.29, 1.82) is 0 Å². The van der Waals surface area contributed by atoms with Crippen LogP contribution in [0.25, 0.3) is 0 Å². The molecule has 0 aliphatic rings. The van der Waals surface area contributed by atoms with Gasteiger partial charge in [-0.1, -0.05) is 11.8 Å². The van der Waals surface area contributed by atoms with Gasteiger partial charge in [-0.2, -0.15) is 5.10 Å². The molecule has 0 amide bonds. The summed E-state index contributed by atoms with van der Waals surface area (Å²) in [6.07, 6.45) is 1.48. The number of hydrogen-bond acceptors (Lipinski definition) is 3. The fourth-order valence-corrected chi connectivity index (χ4v) is 0.679. The minimum absolute atomic E-state index is 0.209. The Morgan fingerprint density at radius 1 is 1.75 bits per heavy atom. The summed E-state index contributed by atoms with van der Waals surface area (Å²) in [7, 11) is 1.56. The van der Waals surface area contributed by atoms with Gasteiger partial charge in [0.2, 0.25) is 0 Å². The van der Waals surface area contributed by atoms with Crippen LogP contribution in [0.3, 0.4) is 0 Å². The highest BCUT2D eigenvalue weighted by Gasteiger charge is 1.91. The first-order chi connectivity index (χ1) is 5.74. The average molecular weight is 164 g/mol. The number of nitrogens with zero attached hydrogens (tertiary/aromatic N) is 2. The van der Waals surface area contributed by atoms with E-state index in [2.05, 4.69) is 16.9 Å². The predicted octanol–water partition coefficient (Wildman–Crippen LogP) is -0.876. The van der Waals surface area contributed by atoms with Crippen molar-refractivity contribution in [3.05, 3.63) is 28.2 Å². The molecule has 1 heterocycles. The van der Waals surface area contributed by atoms with Crippen molar-refractivity contribution in [2.45, 2.75) is 0 Å². The molecule has 0 aromatic carbocycles. The van der Waals surface area contributed by atoms with Crippen molar-refractivity contribution in [3.63, 3.8) is 0 Å². The Hall–Kier alpha value is -1.60. The molecule has 1 aromatic rings. The molecule has 1 N–H and O–H groups in total. The van der Waals surface area contributed by atoms with Crippen LogP contribution in [0.2, 0.25) is 0 Å². The van der Waals surface area contributed by atoms with E-state index in [-0.39, 0.29) is 12.2 Å². The predicted molar refractivity (Wildman–Crippen MR) is 43.4 cm³/mol. The zero-order valence-corrected chi connectivity index (χ0v) is 6.61. The summed E-state index contributed by atoms with van der Waals surface area (Å²) in [5.41, 5.74) is 0.312. The Kier molecular flexibility index (Phi) is 2.62. The minimum Gasteiger partial charge on any atom is -0.384 e. The normalized spacial score (nSPS) is 8.83. The van der Waals surface area contributed by atoms with Gasteiger partial charge in [0.05, 0.1) is 11.8 Å². The number of hydrogen-bond donors (Lipinski definition) is 1. The molecule has 0 saturated carbocycles. The van der Waals surface area contributed by atoms with E-state index in [1.54, 1.807) is 7.05 Å². The molecule has 0 fully saturated rings. The molecular formula is C8H8N2O2. The van der Waals surface area contributed by atoms with Gasteiger partial charge in [0.25, 0.3) is 5.56 Å². The Morgan fingerprint density at radius 3 is 3.08 bits per heavy atom. The Balaban J connectivity index is 3.06. The molecule has 0 bridgehead atoms. The molecule has 4 heteroatoms. The van der Waals surface area contributed by atoms with Crippen molar-refractivity contribution in [2.24, 2.45) is 7.05 Å². The van der Waals surface area contributed by atoms with E-state index in [0.29, 0.717) is 5.56 Å². The van der Waals surface area contributed by atoms with Gasteiger partial charge in [0.1, 0.15) is 6.61 Å². The van der Waals surface area contributed by atoms with Crippen LogP contribution in [0.4, 0.5) is 0 Å². The van der Waals surface area contributed by atoms with Crippen molar-refractivity contribution in [1.82, 2.24) is 9.78 Å². The molecule has 62 valence electrons. The van der Waals surface area contributed by atoms with Gasteiger partial charge in [0, 0.05) is 13.1 Å². The van der Waals surface area contributed by atoms with E-state index in [1.165, 1.54) is 16.9 Å². The Bertz CT molecular complexity index is 384. The fourth-order valence-electron chi connectivity index (χ4n) is 0.679. The summed E-state index contributed by atoms with van der Waals surface area (Å²) < 4.78 is 1.21. The largest absolute Gasteiger partial charge is 0.384 e. The first-order valence-electron chi connectivity index (χ1n) is 3.37. The van der Waals surface area contributed by atoms with Gasteiger partial charge in [-0.3, -0.25) is 4.79 Å². The van der Waals surface area contributed by atoms with E-state index >= 15 is 0 Å². The van der Waals surface area contributed by atoms with Crippen LogP contribution in [0.1, 0.15) is 5.56 Å². The van der Waals surface area contributed by atoms with E-state index in [0.717, 1.165) is 0 Å². The van der Waals surface area contributed by atoms with Gasteiger partial charge >= 0.3 is 0 Å². The number of rotatable bonds is 0. The summed E-state index contributed by atoms with van der Waals surface area (Å²) >= 11 is 0. The number of aliphatic hydroxyl groups excluding tert-OH is 1. The summed E-state index contributed by atoms with van der Waals surface area (Å²) in [5.74, 6) is 5.02. The second-order valence-corrected chi connectivity index (χ2v) is 2.17. The van der Waals surface area contributed by atoms with Crippen LogP contribution in [-0.4, -0.2) is 21.5 Å². The molecule has 0 aliphatic heterocycles. The molecule has 0 saturated heterocycles. The first kappa shape index (κ1) is 8.50. The molecule has 0 radical (unpaired) electrons. The molecule has 1 aromatic heterocycles. The summed E-state index contributed by atoms with van der Waals surface area (Å²) in [5, 5.41) is 12.1. The maximum atomic E-state index is 11.0. The monoisotopic (exact) mass is 164 g/mol. The number of aromatic nitrogens is 2. The molecule has 1 rings (SSSR count). The molecule has 0 unspecified atom stereocenters. The quantitative estimate of drug-likeness (QED) is 0.507. The lowest BCUT2D eigenvalue weighted by atomic mass is 10.3. The molecule has 0 atom stereocenters. The molecule has 0 aliphatic carbocycles. The third-order valence-electron chi connectivity index (χ3n) is 1.28. The van der Waals surface area contributed by atoms with Crippen LogP contribution >= 0.6 is 0 Å². The van der Waals surface area contributed by atoms with E-state index < -0.39 is 0 Å². The lowest BCUT2D eigenvalue weighted by molar-refractivity contribution is 0.350. The van der Waals surface area contributed by atoms with E-state index in [4.69, 9.17) is 5.11 Å². The lowest BCUT2D eigenvalue weighted by Crippen LogP contribution is -2.18. The first-order valence-corrected chi connectivity index (χ1v) is 3.37. The standard InChI is InChI=1S/C8H8N2O2/c1-10-8(12)5-7(6-9-10)3-2-4-11/h5-6,11H,4H2,1H3. The van der Waals surface area contributed by atoms with Crippen molar-refractivity contribution >= 4 is 0 Å². The Morgan fingerprint density at radius 2 is 2.50 bits per heavy atom.